The minimum atomic E-state index is -3.02. The fourth-order valence-corrected chi connectivity index (χ4v) is 6.95. The van der Waals surface area contributed by atoms with Crippen molar-refractivity contribution in [1.82, 2.24) is 0 Å². The second kappa shape index (κ2) is 6.28. The molecule has 0 N–H and O–H groups in total. The van der Waals surface area contributed by atoms with Crippen LogP contribution in [0.5, 0.6) is 0 Å². The maximum atomic E-state index is 12.0. The van der Waals surface area contributed by atoms with Crippen molar-refractivity contribution >= 4 is 38.4 Å². The molecule has 2 aliphatic heterocycles. The molecular formula is C16H20N2O3S2. The molecule has 23 heavy (non-hydrogen) atoms. The lowest BCUT2D eigenvalue weighted by Gasteiger charge is -2.24. The van der Waals surface area contributed by atoms with Gasteiger partial charge in [-0.2, -0.15) is 4.99 Å². The number of hydrogen-bond acceptors (Lipinski definition) is 4. The summed E-state index contributed by atoms with van der Waals surface area (Å²) in [4.78, 5) is 18.1. The predicted molar refractivity (Wildman–Crippen MR) is 94.8 cm³/mol. The first kappa shape index (κ1) is 16.5. The van der Waals surface area contributed by atoms with E-state index in [9.17, 15) is 13.2 Å². The minimum absolute atomic E-state index is 0.0475. The van der Waals surface area contributed by atoms with Crippen molar-refractivity contribution in [1.29, 1.82) is 0 Å². The first-order valence-electron chi connectivity index (χ1n) is 7.74. The van der Waals surface area contributed by atoms with Gasteiger partial charge < -0.3 is 4.90 Å². The van der Waals surface area contributed by atoms with Crippen molar-refractivity contribution in [2.45, 2.75) is 38.0 Å². The van der Waals surface area contributed by atoms with Gasteiger partial charge in [-0.25, -0.2) is 8.42 Å². The van der Waals surface area contributed by atoms with Gasteiger partial charge in [-0.15, -0.1) is 0 Å². The molecule has 2 fully saturated rings. The summed E-state index contributed by atoms with van der Waals surface area (Å²) >= 11 is 1.42. The topological polar surface area (TPSA) is 66.8 Å². The third kappa shape index (κ3) is 3.45. The molecule has 1 aromatic rings. The predicted octanol–water partition coefficient (Wildman–Crippen LogP) is 2.40. The number of carbonyl (C=O) groups is 1. The molecule has 0 saturated carbocycles. The highest BCUT2D eigenvalue weighted by Crippen LogP contribution is 2.41. The van der Waals surface area contributed by atoms with Gasteiger partial charge in [-0.05, 0) is 31.0 Å². The second-order valence-electron chi connectivity index (χ2n) is 6.05. The van der Waals surface area contributed by atoms with E-state index >= 15 is 0 Å². The number of sulfone groups is 1. The van der Waals surface area contributed by atoms with Crippen LogP contribution in [0.15, 0.2) is 29.3 Å². The van der Waals surface area contributed by atoms with Crippen molar-refractivity contribution < 1.29 is 13.2 Å². The van der Waals surface area contributed by atoms with Crippen molar-refractivity contribution in [3.05, 3.63) is 29.8 Å². The standard InChI is InChI=1S/C16H20N2O3S2/c1-3-5-15(19)17-16-18(12-7-4-6-11(2)8-12)13-9-23(20,21)10-14(13)22-16/h4,6-8,13-14H,3,5,9-10H2,1-2H3/t13-,14+/m1/s1. The van der Waals surface area contributed by atoms with Crippen LogP contribution in [0.1, 0.15) is 25.3 Å². The molecule has 2 saturated heterocycles. The fraction of sp³-hybridized carbons (Fsp3) is 0.500. The van der Waals surface area contributed by atoms with Crippen molar-refractivity contribution in [3.8, 4) is 0 Å². The lowest BCUT2D eigenvalue weighted by Crippen LogP contribution is -2.37. The molecule has 0 aliphatic carbocycles. The number of thioether (sulfide) groups is 1. The summed E-state index contributed by atoms with van der Waals surface area (Å²) < 4.78 is 23.9. The summed E-state index contributed by atoms with van der Waals surface area (Å²) in [6.45, 7) is 3.94. The molecule has 0 unspecified atom stereocenters. The fourth-order valence-electron chi connectivity index (χ4n) is 3.02. The third-order valence-electron chi connectivity index (χ3n) is 4.03. The Balaban J connectivity index is 1.99. The number of aliphatic imine (C=N–C) groups is 1. The Morgan fingerprint density at radius 2 is 2.17 bits per heavy atom. The van der Waals surface area contributed by atoms with Crippen LogP contribution in [0.2, 0.25) is 0 Å². The maximum absolute atomic E-state index is 12.0. The van der Waals surface area contributed by atoms with Crippen molar-refractivity contribution in [3.63, 3.8) is 0 Å². The molecule has 5 nitrogen and oxygen atoms in total. The first-order valence-corrected chi connectivity index (χ1v) is 10.4. The monoisotopic (exact) mass is 352 g/mol. The molecule has 124 valence electrons. The number of benzene rings is 1. The number of hydrogen-bond donors (Lipinski definition) is 0. The van der Waals surface area contributed by atoms with E-state index in [1.165, 1.54) is 11.8 Å². The van der Waals surface area contributed by atoms with Gasteiger partial charge in [-0.3, -0.25) is 4.79 Å². The molecule has 1 aromatic carbocycles. The number of anilines is 1. The Morgan fingerprint density at radius 1 is 1.39 bits per heavy atom. The summed E-state index contributed by atoms with van der Waals surface area (Å²) in [5.41, 5.74) is 2.00. The van der Waals surface area contributed by atoms with Gasteiger partial charge in [0.05, 0.1) is 17.5 Å². The lowest BCUT2D eigenvalue weighted by atomic mass is 10.1. The highest BCUT2D eigenvalue weighted by atomic mass is 32.2. The summed E-state index contributed by atoms with van der Waals surface area (Å²) in [7, 11) is -3.02. The van der Waals surface area contributed by atoms with E-state index in [2.05, 4.69) is 4.99 Å². The Bertz CT molecular complexity index is 758. The Kier molecular flexibility index (Phi) is 4.51. The summed E-state index contributed by atoms with van der Waals surface area (Å²) in [6.07, 6.45) is 1.17. The summed E-state index contributed by atoms with van der Waals surface area (Å²) in [5, 5.41) is 0.590. The molecule has 0 aromatic heterocycles. The van der Waals surface area contributed by atoms with Gasteiger partial charge in [0.15, 0.2) is 15.0 Å². The van der Waals surface area contributed by atoms with Crippen LogP contribution in [0, 0.1) is 6.92 Å². The Morgan fingerprint density at radius 3 is 2.87 bits per heavy atom. The smallest absolute Gasteiger partial charge is 0.248 e. The molecule has 2 heterocycles. The average Bonchev–Trinajstić information content (AvgIpc) is 2.89. The van der Waals surface area contributed by atoms with Crippen LogP contribution in [0.25, 0.3) is 0 Å². The number of amides is 1. The number of nitrogens with zero attached hydrogens (tertiary/aromatic N) is 2. The molecule has 3 rings (SSSR count). The number of fused-ring (bicyclic) bond motifs is 1. The third-order valence-corrected chi connectivity index (χ3v) is 7.24. The van der Waals surface area contributed by atoms with Crippen LogP contribution >= 0.6 is 11.8 Å². The van der Waals surface area contributed by atoms with Gasteiger partial charge in [-0.1, -0.05) is 30.8 Å². The number of amidine groups is 1. The summed E-state index contributed by atoms with van der Waals surface area (Å²) in [5.74, 6) is 0.140. The molecule has 2 atom stereocenters. The van der Waals surface area contributed by atoms with Gasteiger partial charge in [0.1, 0.15) is 0 Å². The second-order valence-corrected chi connectivity index (χ2v) is 9.41. The Labute approximate surface area is 141 Å². The highest BCUT2D eigenvalue weighted by molar-refractivity contribution is 8.16. The zero-order valence-corrected chi connectivity index (χ0v) is 14.9. The van der Waals surface area contributed by atoms with Crippen molar-refractivity contribution in [2.24, 2.45) is 4.99 Å². The number of aryl methyl sites for hydroxylation is 1. The molecule has 2 aliphatic rings. The van der Waals surface area contributed by atoms with Gasteiger partial charge in [0.25, 0.3) is 0 Å². The lowest BCUT2D eigenvalue weighted by molar-refractivity contribution is -0.117. The molecular weight excluding hydrogens is 332 g/mol. The molecule has 0 spiro atoms. The van der Waals surface area contributed by atoms with Gasteiger partial charge in [0, 0.05) is 17.4 Å². The van der Waals surface area contributed by atoms with Crippen LogP contribution in [-0.4, -0.2) is 42.3 Å². The van der Waals surface area contributed by atoms with E-state index in [0.717, 1.165) is 17.7 Å². The summed E-state index contributed by atoms with van der Waals surface area (Å²) in [6, 6.07) is 7.75. The normalized spacial score (nSPS) is 27.4. The van der Waals surface area contributed by atoms with E-state index in [4.69, 9.17) is 0 Å². The zero-order chi connectivity index (χ0) is 16.6. The minimum Gasteiger partial charge on any atom is -0.316 e. The van der Waals surface area contributed by atoms with E-state index in [1.807, 2.05) is 43.0 Å². The maximum Gasteiger partial charge on any atom is 0.248 e. The molecule has 0 bridgehead atoms. The van der Waals surface area contributed by atoms with Crippen molar-refractivity contribution in [2.75, 3.05) is 16.4 Å². The van der Waals surface area contributed by atoms with Crippen LogP contribution in [0.4, 0.5) is 5.69 Å². The number of carbonyl (C=O) groups excluding carboxylic acids is 1. The first-order chi connectivity index (χ1) is 10.9. The molecule has 0 radical (unpaired) electrons. The van der Waals surface area contributed by atoms with Gasteiger partial charge >= 0.3 is 0 Å². The molecule has 1 amide bonds. The van der Waals surface area contributed by atoms with E-state index < -0.39 is 9.84 Å². The quantitative estimate of drug-likeness (QED) is 0.836. The highest BCUT2D eigenvalue weighted by Gasteiger charge is 2.49. The van der Waals surface area contributed by atoms with E-state index in [-0.39, 0.29) is 28.7 Å². The van der Waals surface area contributed by atoms with Crippen LogP contribution in [-0.2, 0) is 14.6 Å². The Hall–Kier alpha value is -1.34. The van der Waals surface area contributed by atoms with E-state index in [1.54, 1.807) is 0 Å². The molecule has 7 heteroatoms. The average molecular weight is 352 g/mol. The zero-order valence-electron chi connectivity index (χ0n) is 13.2. The van der Waals surface area contributed by atoms with Crippen LogP contribution < -0.4 is 4.90 Å². The van der Waals surface area contributed by atoms with Gasteiger partial charge in [0.2, 0.25) is 5.91 Å². The van der Waals surface area contributed by atoms with E-state index in [0.29, 0.717) is 11.6 Å². The number of rotatable bonds is 3. The van der Waals surface area contributed by atoms with Crippen LogP contribution in [0.3, 0.4) is 0 Å². The largest absolute Gasteiger partial charge is 0.316 e. The SMILES string of the molecule is CCCC(=O)N=C1S[C@H]2CS(=O)(=O)C[C@H]2N1c1cccc(C)c1.